The average Bonchev–Trinajstić information content (AvgIpc) is 3.02. The van der Waals surface area contributed by atoms with Gasteiger partial charge in [0.1, 0.15) is 6.04 Å². The van der Waals surface area contributed by atoms with Crippen LogP contribution in [0.5, 0.6) is 0 Å². The number of hydrogen-bond donors (Lipinski definition) is 2. The lowest BCUT2D eigenvalue weighted by molar-refractivity contribution is -0.144. The molecule has 0 aliphatic carbocycles. The summed E-state index contributed by atoms with van der Waals surface area (Å²) in [4.78, 5) is 38.0. The van der Waals surface area contributed by atoms with E-state index in [1.54, 1.807) is 0 Å². The first-order chi connectivity index (χ1) is 12.6. The molecule has 28 heavy (non-hydrogen) atoms. The summed E-state index contributed by atoms with van der Waals surface area (Å²) < 4.78 is 38.8. The summed E-state index contributed by atoms with van der Waals surface area (Å²) in [5.41, 5.74) is -1.37. The fourth-order valence-electron chi connectivity index (χ4n) is 2.92. The molecule has 0 spiro atoms. The van der Waals surface area contributed by atoms with Gasteiger partial charge in [0.2, 0.25) is 11.8 Å². The molecule has 0 unspecified atom stereocenters. The van der Waals surface area contributed by atoms with Gasteiger partial charge in [0.05, 0.1) is 24.3 Å². The van der Waals surface area contributed by atoms with Crippen LogP contribution in [-0.4, -0.2) is 65.4 Å². The molecule has 1 fully saturated rings. The van der Waals surface area contributed by atoms with Gasteiger partial charge in [-0.3, -0.25) is 19.3 Å². The SMILES string of the molecule is CN(CC(=O)Nc1ccccc1C(F)(F)F)C(=O)CN1CCC[C@H]1C(=O)O.Cl. The lowest BCUT2D eigenvalue weighted by Gasteiger charge is -2.24. The van der Waals surface area contributed by atoms with E-state index in [1.165, 1.54) is 24.1 Å². The summed E-state index contributed by atoms with van der Waals surface area (Å²) >= 11 is 0. The van der Waals surface area contributed by atoms with Gasteiger partial charge in [0, 0.05) is 7.05 Å². The van der Waals surface area contributed by atoms with E-state index in [0.717, 1.165) is 17.0 Å². The Labute approximate surface area is 165 Å². The number of rotatable bonds is 6. The highest BCUT2D eigenvalue weighted by molar-refractivity contribution is 5.95. The van der Waals surface area contributed by atoms with E-state index in [-0.39, 0.29) is 24.6 Å². The summed E-state index contributed by atoms with van der Waals surface area (Å²) in [5.74, 6) is -2.27. The van der Waals surface area contributed by atoms with Crippen molar-refractivity contribution in [1.29, 1.82) is 0 Å². The second kappa shape index (κ2) is 9.74. The van der Waals surface area contributed by atoms with Gasteiger partial charge < -0.3 is 15.3 Å². The van der Waals surface area contributed by atoms with Gasteiger partial charge in [-0.2, -0.15) is 13.2 Å². The van der Waals surface area contributed by atoms with Crippen molar-refractivity contribution in [2.45, 2.75) is 25.1 Å². The summed E-state index contributed by atoms with van der Waals surface area (Å²) in [6.07, 6.45) is -3.52. The minimum atomic E-state index is -4.62. The average molecular weight is 424 g/mol. The van der Waals surface area contributed by atoms with Crippen LogP contribution in [0.4, 0.5) is 18.9 Å². The minimum Gasteiger partial charge on any atom is -0.480 e. The standard InChI is InChI=1S/C17H20F3N3O4.ClH/c1-22(15(25)10-23-8-4-7-13(23)16(26)27)9-14(24)21-12-6-3-2-5-11(12)17(18,19)20;/h2-3,5-6,13H,4,7-10H2,1H3,(H,21,24)(H,26,27);1H/t13-;/m0./s1. The van der Waals surface area contributed by atoms with E-state index in [0.29, 0.717) is 19.4 Å². The predicted octanol–water partition coefficient (Wildman–Crippen LogP) is 2.07. The molecule has 1 atom stereocenters. The van der Waals surface area contributed by atoms with Crippen molar-refractivity contribution in [3.63, 3.8) is 0 Å². The molecule has 1 aliphatic heterocycles. The third kappa shape index (κ3) is 6.10. The van der Waals surface area contributed by atoms with Crippen molar-refractivity contribution in [3.05, 3.63) is 29.8 Å². The number of carbonyl (C=O) groups excluding carboxylic acids is 2. The molecule has 156 valence electrons. The van der Waals surface area contributed by atoms with Gasteiger partial charge in [-0.1, -0.05) is 12.1 Å². The van der Waals surface area contributed by atoms with Gasteiger partial charge in [-0.15, -0.1) is 12.4 Å². The number of carbonyl (C=O) groups is 3. The van der Waals surface area contributed by atoms with Gasteiger partial charge in [-0.05, 0) is 31.5 Å². The zero-order chi connectivity index (χ0) is 20.2. The van der Waals surface area contributed by atoms with Crippen LogP contribution in [0, 0.1) is 0 Å². The molecule has 2 rings (SSSR count). The van der Waals surface area contributed by atoms with Crippen molar-refractivity contribution >= 4 is 35.9 Å². The molecule has 2 N–H and O–H groups in total. The first-order valence-electron chi connectivity index (χ1n) is 8.26. The Hall–Kier alpha value is -2.33. The second-order valence-corrected chi connectivity index (χ2v) is 6.31. The van der Waals surface area contributed by atoms with Crippen molar-refractivity contribution in [1.82, 2.24) is 9.80 Å². The fraction of sp³-hybridized carbons (Fsp3) is 0.471. The van der Waals surface area contributed by atoms with Gasteiger partial charge in [0.25, 0.3) is 0 Å². The Bertz CT molecular complexity index is 730. The van der Waals surface area contributed by atoms with E-state index >= 15 is 0 Å². The molecule has 0 radical (unpaired) electrons. The predicted molar refractivity (Wildman–Crippen MR) is 97.2 cm³/mol. The lowest BCUT2D eigenvalue weighted by atomic mass is 10.1. The number of anilines is 1. The third-order valence-electron chi connectivity index (χ3n) is 4.30. The number of nitrogens with one attached hydrogen (secondary N) is 1. The Morgan fingerprint density at radius 1 is 1.29 bits per heavy atom. The molecule has 0 bridgehead atoms. The number of amides is 2. The van der Waals surface area contributed by atoms with Crippen molar-refractivity contribution in [3.8, 4) is 0 Å². The van der Waals surface area contributed by atoms with E-state index in [1.807, 2.05) is 0 Å². The molecule has 1 aliphatic rings. The Morgan fingerprint density at radius 2 is 1.93 bits per heavy atom. The van der Waals surface area contributed by atoms with Crippen molar-refractivity contribution in [2.24, 2.45) is 0 Å². The van der Waals surface area contributed by atoms with E-state index in [2.05, 4.69) is 5.32 Å². The van der Waals surface area contributed by atoms with Gasteiger partial charge >= 0.3 is 12.1 Å². The van der Waals surface area contributed by atoms with Gasteiger partial charge in [-0.25, -0.2) is 0 Å². The van der Waals surface area contributed by atoms with Crippen LogP contribution in [0.15, 0.2) is 24.3 Å². The van der Waals surface area contributed by atoms with Crippen molar-refractivity contribution < 1.29 is 32.7 Å². The number of carboxylic acid groups (broad SMARTS) is 1. The van der Waals surface area contributed by atoms with Crippen LogP contribution in [-0.2, 0) is 20.6 Å². The number of nitrogens with zero attached hydrogens (tertiary/aromatic N) is 2. The number of likely N-dealkylation sites (tertiary alicyclic amines) is 1. The van der Waals surface area contributed by atoms with Gasteiger partial charge in [0.15, 0.2) is 0 Å². The maximum absolute atomic E-state index is 12.9. The summed E-state index contributed by atoms with van der Waals surface area (Å²) in [5, 5.41) is 11.3. The number of para-hydroxylation sites is 1. The maximum Gasteiger partial charge on any atom is 0.418 e. The number of alkyl halides is 3. The van der Waals surface area contributed by atoms with Crippen LogP contribution < -0.4 is 5.32 Å². The van der Waals surface area contributed by atoms with E-state index in [4.69, 9.17) is 5.11 Å². The first-order valence-corrected chi connectivity index (χ1v) is 8.26. The molecule has 1 aromatic carbocycles. The zero-order valence-electron chi connectivity index (χ0n) is 15.0. The van der Waals surface area contributed by atoms with Crippen LogP contribution in [0.25, 0.3) is 0 Å². The number of halogens is 4. The molecule has 7 nitrogen and oxygen atoms in total. The number of hydrogen-bond acceptors (Lipinski definition) is 4. The maximum atomic E-state index is 12.9. The van der Waals surface area contributed by atoms with Crippen molar-refractivity contribution in [2.75, 3.05) is 32.0 Å². The molecule has 1 aromatic rings. The number of benzene rings is 1. The molecule has 0 saturated carbocycles. The quantitative estimate of drug-likeness (QED) is 0.731. The Balaban J connectivity index is 0.00000392. The Morgan fingerprint density at radius 3 is 2.54 bits per heavy atom. The van der Waals surface area contributed by atoms with Crippen LogP contribution in [0.2, 0.25) is 0 Å². The van der Waals surface area contributed by atoms with E-state index < -0.39 is 42.1 Å². The Kier molecular flexibility index (Phi) is 8.25. The molecule has 11 heteroatoms. The molecule has 1 heterocycles. The topological polar surface area (TPSA) is 90.0 Å². The largest absolute Gasteiger partial charge is 0.480 e. The van der Waals surface area contributed by atoms with Crippen LogP contribution in [0.1, 0.15) is 18.4 Å². The second-order valence-electron chi connectivity index (χ2n) is 6.31. The zero-order valence-corrected chi connectivity index (χ0v) is 15.8. The highest BCUT2D eigenvalue weighted by Crippen LogP contribution is 2.34. The first kappa shape index (κ1) is 23.7. The fourth-order valence-corrected chi connectivity index (χ4v) is 2.92. The highest BCUT2D eigenvalue weighted by atomic mass is 35.5. The normalized spacial score (nSPS) is 16.9. The van der Waals surface area contributed by atoms with E-state index in [9.17, 15) is 27.6 Å². The number of likely N-dealkylation sites (N-methyl/N-ethyl adjacent to an activating group) is 1. The lowest BCUT2D eigenvalue weighted by Crippen LogP contribution is -2.45. The summed E-state index contributed by atoms with van der Waals surface area (Å²) in [6, 6.07) is 3.81. The molecular weight excluding hydrogens is 403 g/mol. The highest BCUT2D eigenvalue weighted by Gasteiger charge is 2.34. The smallest absolute Gasteiger partial charge is 0.418 e. The molecule has 2 amide bonds. The third-order valence-corrected chi connectivity index (χ3v) is 4.30. The van der Waals surface area contributed by atoms with Crippen LogP contribution in [0.3, 0.4) is 0 Å². The minimum absolute atomic E-state index is 0. The molecular formula is C17H21ClF3N3O4. The number of aliphatic carboxylic acids is 1. The van der Waals surface area contributed by atoms with Crippen LogP contribution >= 0.6 is 12.4 Å². The summed E-state index contributed by atoms with van der Waals surface area (Å²) in [6.45, 7) is -0.155. The summed E-state index contributed by atoms with van der Waals surface area (Å²) in [7, 11) is 1.34. The number of carboxylic acids is 1. The monoisotopic (exact) mass is 423 g/mol. The molecule has 0 aromatic heterocycles. The molecule has 1 saturated heterocycles.